The number of halogens is 4. The van der Waals surface area contributed by atoms with Crippen molar-refractivity contribution in [2.24, 2.45) is 0 Å². The third kappa shape index (κ3) is 15.5. The highest BCUT2D eigenvalue weighted by Crippen LogP contribution is 2.43. The van der Waals surface area contributed by atoms with E-state index in [0.717, 1.165) is 123 Å². The van der Waals surface area contributed by atoms with E-state index < -0.39 is 19.5 Å². The summed E-state index contributed by atoms with van der Waals surface area (Å²) in [6.07, 6.45) is 19.9. The fraction of sp³-hybridized carbons (Fsp3) is 0.403. The van der Waals surface area contributed by atoms with Crippen LogP contribution in [0.4, 0.5) is 17.6 Å². The molecule has 3 saturated heterocycles. The van der Waals surface area contributed by atoms with E-state index in [1.54, 1.807) is 12.1 Å². The molecule has 7 heterocycles. The Kier molecular flexibility index (Phi) is 22.1. The zero-order chi connectivity index (χ0) is 68.4. The van der Waals surface area contributed by atoms with E-state index in [4.69, 9.17) is 57.3 Å². The van der Waals surface area contributed by atoms with E-state index >= 15 is 0 Å². The van der Waals surface area contributed by atoms with Gasteiger partial charge in [0.25, 0.3) is 6.47 Å². The number of alkyl halides is 4. The molecule has 0 spiro atoms. The summed E-state index contributed by atoms with van der Waals surface area (Å²) in [5, 5.41) is 0. The number of benzene rings is 6. The molecule has 0 radical (unpaired) electrons. The molecule has 3 aliphatic heterocycles. The zero-order valence-electron chi connectivity index (χ0n) is 55.9. The van der Waals surface area contributed by atoms with Gasteiger partial charge < -0.3 is 37.7 Å². The van der Waals surface area contributed by atoms with Crippen LogP contribution < -0.4 is 9.47 Å². The largest absolute Gasteiger partial charge is 0.449 e. The van der Waals surface area contributed by atoms with Crippen molar-refractivity contribution in [1.29, 1.82) is 0 Å². The number of H-pyrrole nitrogens is 2. The van der Waals surface area contributed by atoms with Gasteiger partial charge in [0, 0.05) is 96.2 Å². The number of fused-ring (bicyclic) bond motifs is 2. The minimum absolute atomic E-state index is 0.00904. The maximum Gasteiger partial charge on any atom is 0.387 e. The molecule has 5 aliphatic rings. The number of hydrogen-bond acceptors (Lipinski definition) is 15. The normalized spacial score (nSPS) is 17.5. The minimum Gasteiger partial charge on any atom is -0.449 e. The molecule has 2 atom stereocenters. The molecule has 17 nitrogen and oxygen atoms in total. The van der Waals surface area contributed by atoms with Crippen molar-refractivity contribution in [1.82, 2.24) is 39.7 Å². The highest BCUT2D eigenvalue weighted by atomic mass is 19.3. The third-order valence-electron chi connectivity index (χ3n) is 20.0. The van der Waals surface area contributed by atoms with Crippen molar-refractivity contribution >= 4 is 34.8 Å². The maximum absolute atomic E-state index is 13.4. The molecule has 0 unspecified atom stereocenters. The summed E-state index contributed by atoms with van der Waals surface area (Å²) in [6.45, 7) is 9.47. The van der Waals surface area contributed by atoms with E-state index in [9.17, 15) is 22.4 Å². The summed E-state index contributed by atoms with van der Waals surface area (Å²) < 4.78 is 86.0. The Balaban J connectivity index is 0.000000168. The monoisotopic (exact) mass is 1340 g/mol. The average molecular weight is 1340 g/mol. The van der Waals surface area contributed by atoms with Gasteiger partial charge in [0.15, 0.2) is 17.4 Å². The second-order valence-corrected chi connectivity index (χ2v) is 26.1. The van der Waals surface area contributed by atoms with Gasteiger partial charge >= 0.3 is 19.4 Å². The predicted octanol–water partition coefficient (Wildman–Crippen LogP) is 18.1. The van der Waals surface area contributed by atoms with Crippen molar-refractivity contribution < 1.29 is 59.7 Å². The van der Waals surface area contributed by atoms with Crippen LogP contribution in [-0.4, -0.2) is 104 Å². The van der Waals surface area contributed by atoms with E-state index in [1.165, 1.54) is 75.8 Å². The number of aromatic nitrogens is 6. The van der Waals surface area contributed by atoms with Crippen LogP contribution in [0.3, 0.4) is 0 Å². The Hall–Kier alpha value is -9.27. The Bertz CT molecular complexity index is 4420. The first-order valence-corrected chi connectivity index (χ1v) is 34.1. The van der Waals surface area contributed by atoms with Gasteiger partial charge in [-0.2, -0.15) is 27.2 Å². The molecule has 2 aliphatic carbocycles. The van der Waals surface area contributed by atoms with Gasteiger partial charge in [-0.3, -0.25) is 14.6 Å². The number of nitrogens with zero attached hydrogens (tertiary/aromatic N) is 6. The van der Waals surface area contributed by atoms with E-state index in [-0.39, 0.29) is 24.2 Å². The molecule has 0 amide bonds. The maximum atomic E-state index is 13.4. The lowest BCUT2D eigenvalue weighted by Crippen LogP contribution is -2.31. The smallest absolute Gasteiger partial charge is 0.387 e. The predicted molar refractivity (Wildman–Crippen MR) is 364 cm³/mol. The van der Waals surface area contributed by atoms with Crippen molar-refractivity contribution in [3.63, 3.8) is 0 Å². The molecule has 15 rings (SSSR count). The molecule has 2 N–H and O–H groups in total. The number of carbonyl (C=O) groups is 1. The molecule has 512 valence electrons. The molecule has 5 fully saturated rings. The molecule has 6 aromatic carbocycles. The van der Waals surface area contributed by atoms with Gasteiger partial charge in [0.2, 0.25) is 11.8 Å². The summed E-state index contributed by atoms with van der Waals surface area (Å²) in [7, 11) is 0. The van der Waals surface area contributed by atoms with Crippen LogP contribution in [0.25, 0.3) is 89.9 Å². The molecule has 98 heavy (non-hydrogen) atoms. The van der Waals surface area contributed by atoms with E-state index in [1.807, 2.05) is 54.5 Å². The van der Waals surface area contributed by atoms with Crippen LogP contribution in [0.2, 0.25) is 0 Å². The number of rotatable bonds is 18. The van der Waals surface area contributed by atoms with Gasteiger partial charge in [-0.1, -0.05) is 86.3 Å². The molecular formula is C77H82F4N8O9. The summed E-state index contributed by atoms with van der Waals surface area (Å²) in [5.74, 6) is 4.20. The van der Waals surface area contributed by atoms with Crippen LogP contribution in [0.15, 0.2) is 118 Å². The van der Waals surface area contributed by atoms with Gasteiger partial charge in [-0.05, 0) is 174 Å². The number of nitrogens with one attached hydrogen (secondary N) is 2. The van der Waals surface area contributed by atoms with Crippen LogP contribution in [0.5, 0.6) is 11.5 Å². The first-order valence-electron chi connectivity index (χ1n) is 34.1. The standard InChI is InChI=1S/C36H36F2N4O4.C36H38F2N4O2.C4H8O.CO2/c1-21-25(10-5-12-27(21)30-18-39-34(40-30)23-8-3-4-9-23)26-11-6-13-28(22(26)2)35-41-29-16-24(19-42-15-7-14-33(42)44-20-43)31(46-36(37)38)17-32(29)45-35;1-21-9-8-16-42(21)20-25-17-30-33(18-32(25)44-36(37)38)43-35(41-30)29-15-7-13-27(23(29)3)26-12-6-14-28(22(26)2)31-19-39-34(40-31)24-10-4-5-11-24;1-2-4-5-3-1;2-1-3/h5-6,10-13,16-18,20,23,33,36H,3-4,7-9,14-15,19H2,1-2H3,(H,39,40);6-7,12-15,17-19,21,24,36H,4-5,8-11,16,20H2,1-3H3,(H,39,40);1-4H2;/t33-;21-;;/m11../s1. The lowest BCUT2D eigenvalue weighted by Gasteiger charge is -2.23. The first-order chi connectivity index (χ1) is 47.7. The van der Waals surface area contributed by atoms with E-state index in [0.29, 0.717) is 89.0 Å². The summed E-state index contributed by atoms with van der Waals surface area (Å²) >= 11 is 0. The lowest BCUT2D eigenvalue weighted by atomic mass is 9.91. The molecule has 10 aromatic rings. The number of ether oxygens (including phenoxy) is 4. The SMILES string of the molecule is C1CCOC1.Cc1c(-c2cnc(C3CCCC3)[nH]2)cccc1-c1cccc(-c2nc3cc(CN4CCC[C@H]4C)c(OC(F)F)cc3o2)c1C.Cc1c(-c2cnc(C3CCCC3)[nH]2)cccc1-c1cccc(-c2nc3cc(CN4CCC[C@H]4OC=O)c(OC(F)F)cc3o2)c1C.O=C=O. The lowest BCUT2D eigenvalue weighted by molar-refractivity contribution is -0.191. The van der Waals surface area contributed by atoms with Gasteiger partial charge in [-0.25, -0.2) is 19.9 Å². The molecular weight excluding hydrogens is 1260 g/mol. The third-order valence-corrected chi connectivity index (χ3v) is 20.0. The molecule has 4 aromatic heterocycles. The highest BCUT2D eigenvalue weighted by Gasteiger charge is 2.30. The number of hydrogen-bond donors (Lipinski definition) is 2. The van der Waals surface area contributed by atoms with Gasteiger partial charge in [0.1, 0.15) is 34.2 Å². The van der Waals surface area contributed by atoms with Crippen LogP contribution in [0.1, 0.15) is 154 Å². The number of aromatic amines is 2. The quantitative estimate of drug-likeness (QED) is 0.0606. The Labute approximate surface area is 566 Å². The number of imidazole rings is 2. The fourth-order valence-electron chi connectivity index (χ4n) is 14.8. The first kappa shape index (κ1) is 68.7. The van der Waals surface area contributed by atoms with Crippen molar-refractivity contribution in [2.75, 3.05) is 26.3 Å². The van der Waals surface area contributed by atoms with Gasteiger partial charge in [0.05, 0.1) is 23.8 Å². The van der Waals surface area contributed by atoms with Gasteiger partial charge in [-0.15, -0.1) is 0 Å². The fourth-order valence-corrected chi connectivity index (χ4v) is 14.8. The number of oxazole rings is 2. The topological polar surface area (TPSA) is 204 Å². The van der Waals surface area contributed by atoms with Crippen LogP contribution >= 0.6 is 0 Å². The van der Waals surface area contributed by atoms with Crippen molar-refractivity contribution in [3.05, 3.63) is 154 Å². The molecule has 0 bridgehead atoms. The Morgan fingerprint density at radius 1 is 0.541 bits per heavy atom. The van der Waals surface area contributed by atoms with Crippen LogP contribution in [-0.2, 0) is 36.9 Å². The van der Waals surface area contributed by atoms with Crippen molar-refractivity contribution in [2.45, 2.75) is 175 Å². The molecule has 21 heteroatoms. The second kappa shape index (κ2) is 31.5. The summed E-state index contributed by atoms with van der Waals surface area (Å²) in [6, 6.07) is 31.8. The highest BCUT2D eigenvalue weighted by molar-refractivity contribution is 5.86. The second-order valence-electron chi connectivity index (χ2n) is 26.1. The Morgan fingerprint density at radius 2 is 0.939 bits per heavy atom. The van der Waals surface area contributed by atoms with Crippen LogP contribution in [0, 0.1) is 27.7 Å². The minimum atomic E-state index is -3.01. The average Bonchev–Trinajstić information content (AvgIpc) is 1.58. The zero-order valence-corrected chi connectivity index (χ0v) is 55.9. The van der Waals surface area contributed by atoms with Crippen molar-refractivity contribution in [3.8, 4) is 79.2 Å². The number of likely N-dealkylation sites (tertiary alicyclic amines) is 2. The van der Waals surface area contributed by atoms with E-state index in [2.05, 4.69) is 91.1 Å². The Morgan fingerprint density at radius 3 is 1.34 bits per heavy atom. The molecule has 2 saturated carbocycles. The summed E-state index contributed by atoms with van der Waals surface area (Å²) in [5.41, 5.74) is 17.8. The number of carbonyl (C=O) groups excluding carboxylic acids is 3. The summed E-state index contributed by atoms with van der Waals surface area (Å²) in [4.78, 5) is 57.7.